The van der Waals surface area contributed by atoms with Gasteiger partial charge in [0.05, 0.1) is 12.5 Å². The Balaban J connectivity index is 1.48. The summed E-state index contributed by atoms with van der Waals surface area (Å²) >= 11 is 0. The highest BCUT2D eigenvalue weighted by Gasteiger charge is 2.29. The number of aromatic nitrogens is 3. The smallest absolute Gasteiger partial charge is 0.228 e. The van der Waals surface area contributed by atoms with Crippen LogP contribution in [-0.2, 0) is 21.9 Å². The zero-order valence-corrected chi connectivity index (χ0v) is 17.2. The van der Waals surface area contributed by atoms with E-state index in [-0.39, 0.29) is 11.8 Å². The molecule has 0 atom stereocenters. The predicted molar refractivity (Wildman–Crippen MR) is 112 cm³/mol. The molecule has 3 aromatic rings. The summed E-state index contributed by atoms with van der Waals surface area (Å²) in [6.45, 7) is 0.743. The van der Waals surface area contributed by atoms with Crippen molar-refractivity contribution < 1.29 is 13.2 Å². The first-order valence-corrected chi connectivity index (χ1v) is 11.3. The van der Waals surface area contributed by atoms with Gasteiger partial charge in [0, 0.05) is 49.4 Å². The Kier molecular flexibility index (Phi) is 5.10. The van der Waals surface area contributed by atoms with Crippen molar-refractivity contribution in [1.82, 2.24) is 19.1 Å². The number of pyridine rings is 1. The minimum Gasteiger partial charge on any atom is -0.310 e. The lowest BCUT2D eigenvalue weighted by atomic mass is 9.97. The van der Waals surface area contributed by atoms with Gasteiger partial charge in [0.2, 0.25) is 15.9 Å². The Morgan fingerprint density at radius 3 is 2.52 bits per heavy atom. The van der Waals surface area contributed by atoms with Gasteiger partial charge in [-0.15, -0.1) is 0 Å². The summed E-state index contributed by atoms with van der Waals surface area (Å²) in [6.07, 6.45) is 7.73. The zero-order chi connectivity index (χ0) is 20.6. The van der Waals surface area contributed by atoms with Crippen LogP contribution in [0.2, 0.25) is 0 Å². The molecule has 0 saturated carbocycles. The van der Waals surface area contributed by atoms with Crippen LogP contribution >= 0.6 is 0 Å². The van der Waals surface area contributed by atoms with Crippen LogP contribution in [0.5, 0.6) is 0 Å². The monoisotopic (exact) mass is 413 g/mol. The van der Waals surface area contributed by atoms with Crippen LogP contribution in [0.1, 0.15) is 12.8 Å². The number of carbonyl (C=O) groups excluding carboxylic acids is 1. The molecule has 8 nitrogen and oxygen atoms in total. The van der Waals surface area contributed by atoms with Gasteiger partial charge in [0.15, 0.2) is 0 Å². The molecule has 0 unspecified atom stereocenters. The van der Waals surface area contributed by atoms with Gasteiger partial charge in [-0.05, 0) is 35.9 Å². The van der Waals surface area contributed by atoms with E-state index in [0.717, 1.165) is 21.9 Å². The number of sulfonamides is 1. The molecule has 0 bridgehead atoms. The normalized spacial score (nSPS) is 16.2. The van der Waals surface area contributed by atoms with Gasteiger partial charge in [-0.3, -0.25) is 9.48 Å². The van der Waals surface area contributed by atoms with Gasteiger partial charge >= 0.3 is 0 Å². The van der Waals surface area contributed by atoms with Crippen LogP contribution in [-0.4, -0.2) is 52.7 Å². The van der Waals surface area contributed by atoms with Crippen LogP contribution in [0.25, 0.3) is 21.9 Å². The van der Waals surface area contributed by atoms with E-state index in [1.54, 1.807) is 10.9 Å². The lowest BCUT2D eigenvalue weighted by Gasteiger charge is -2.29. The summed E-state index contributed by atoms with van der Waals surface area (Å²) in [4.78, 5) is 17.0. The van der Waals surface area contributed by atoms with Crippen molar-refractivity contribution in [2.45, 2.75) is 12.8 Å². The maximum atomic E-state index is 12.6. The molecule has 0 radical (unpaired) electrons. The Morgan fingerprint density at radius 1 is 1.10 bits per heavy atom. The van der Waals surface area contributed by atoms with Gasteiger partial charge in [0.1, 0.15) is 5.82 Å². The third-order valence-electron chi connectivity index (χ3n) is 5.30. The van der Waals surface area contributed by atoms with Crippen molar-refractivity contribution in [2.24, 2.45) is 13.0 Å². The fourth-order valence-corrected chi connectivity index (χ4v) is 4.51. The molecule has 1 N–H and O–H groups in total. The molecular weight excluding hydrogens is 390 g/mol. The Morgan fingerprint density at radius 2 is 1.86 bits per heavy atom. The number of anilines is 1. The van der Waals surface area contributed by atoms with Gasteiger partial charge in [0.25, 0.3) is 0 Å². The molecule has 1 aromatic carbocycles. The van der Waals surface area contributed by atoms with E-state index in [1.165, 1.54) is 10.6 Å². The molecule has 3 heterocycles. The van der Waals surface area contributed by atoms with Crippen molar-refractivity contribution >= 4 is 32.5 Å². The van der Waals surface area contributed by atoms with Crippen molar-refractivity contribution in [3.63, 3.8) is 0 Å². The molecule has 1 aliphatic rings. The fourth-order valence-electron chi connectivity index (χ4n) is 3.64. The number of nitrogens with one attached hydrogen (secondary N) is 1. The van der Waals surface area contributed by atoms with Crippen LogP contribution in [0.15, 0.2) is 42.9 Å². The third-order valence-corrected chi connectivity index (χ3v) is 6.61. The Hall–Kier alpha value is -2.78. The minimum absolute atomic E-state index is 0.117. The quantitative estimate of drug-likeness (QED) is 0.708. The molecule has 9 heteroatoms. The highest BCUT2D eigenvalue weighted by Crippen LogP contribution is 2.26. The number of hydrogen-bond donors (Lipinski definition) is 1. The van der Waals surface area contributed by atoms with E-state index < -0.39 is 10.0 Å². The minimum atomic E-state index is -3.20. The number of benzene rings is 1. The molecule has 4 rings (SSSR count). The summed E-state index contributed by atoms with van der Waals surface area (Å²) in [5.74, 6) is 0.164. The molecule has 29 heavy (non-hydrogen) atoms. The number of rotatable bonds is 4. The topological polar surface area (TPSA) is 97.2 Å². The van der Waals surface area contributed by atoms with E-state index in [4.69, 9.17) is 0 Å². The van der Waals surface area contributed by atoms with E-state index in [2.05, 4.69) is 15.4 Å². The van der Waals surface area contributed by atoms with Crippen LogP contribution in [0.4, 0.5) is 5.82 Å². The molecule has 0 aliphatic carbocycles. The SMILES string of the molecule is Cn1cc(-c2ccc3cnc(NC(=O)C4CCN(S(C)(=O)=O)CC4)cc3c2)cn1. The fraction of sp³-hybridized carbons (Fsp3) is 0.350. The number of nitrogens with zero attached hydrogens (tertiary/aromatic N) is 4. The molecule has 1 fully saturated rings. The zero-order valence-electron chi connectivity index (χ0n) is 16.4. The molecular formula is C20H23N5O3S. The first-order chi connectivity index (χ1) is 13.8. The molecule has 1 amide bonds. The van der Waals surface area contributed by atoms with Crippen molar-refractivity contribution in [1.29, 1.82) is 0 Å². The van der Waals surface area contributed by atoms with E-state index >= 15 is 0 Å². The summed E-state index contributed by atoms with van der Waals surface area (Å²) in [5, 5.41) is 9.05. The first-order valence-electron chi connectivity index (χ1n) is 9.44. The lowest BCUT2D eigenvalue weighted by molar-refractivity contribution is -0.120. The molecule has 0 spiro atoms. The lowest BCUT2D eigenvalue weighted by Crippen LogP contribution is -2.40. The van der Waals surface area contributed by atoms with Crippen molar-refractivity contribution in [3.05, 3.63) is 42.9 Å². The average molecular weight is 414 g/mol. The Labute approximate surface area is 169 Å². The number of fused-ring (bicyclic) bond motifs is 1. The van der Waals surface area contributed by atoms with Crippen molar-refractivity contribution in [3.8, 4) is 11.1 Å². The number of amides is 1. The third kappa shape index (κ3) is 4.30. The van der Waals surface area contributed by atoms with Crippen LogP contribution < -0.4 is 5.32 Å². The second-order valence-corrected chi connectivity index (χ2v) is 9.44. The number of aryl methyl sites for hydroxylation is 1. The highest BCUT2D eigenvalue weighted by atomic mass is 32.2. The average Bonchev–Trinajstić information content (AvgIpc) is 3.13. The summed E-state index contributed by atoms with van der Waals surface area (Å²) in [7, 11) is -1.32. The molecule has 152 valence electrons. The molecule has 2 aromatic heterocycles. The van der Waals surface area contributed by atoms with Crippen LogP contribution in [0.3, 0.4) is 0 Å². The summed E-state index contributed by atoms with van der Waals surface area (Å²) in [6, 6.07) is 7.93. The predicted octanol–water partition coefficient (Wildman–Crippen LogP) is 2.25. The second kappa shape index (κ2) is 7.57. The summed E-state index contributed by atoms with van der Waals surface area (Å²) < 4.78 is 26.4. The number of hydrogen-bond acceptors (Lipinski definition) is 5. The highest BCUT2D eigenvalue weighted by molar-refractivity contribution is 7.88. The molecule has 1 aliphatic heterocycles. The largest absolute Gasteiger partial charge is 0.310 e. The number of carbonyl (C=O) groups is 1. The standard InChI is InChI=1S/C20H23N5O3S/c1-24-13-18(12-22-24)15-3-4-16-11-21-19(10-17(16)9-15)23-20(26)14-5-7-25(8-6-14)29(2,27)28/h3-4,9-14H,5-8H2,1-2H3,(H,21,23,26). The Bertz CT molecular complexity index is 1160. The summed E-state index contributed by atoms with van der Waals surface area (Å²) in [5.41, 5.74) is 2.07. The number of piperidine rings is 1. The van der Waals surface area contributed by atoms with E-state index in [9.17, 15) is 13.2 Å². The van der Waals surface area contributed by atoms with E-state index in [1.807, 2.05) is 43.7 Å². The first kappa shape index (κ1) is 19.5. The maximum Gasteiger partial charge on any atom is 0.228 e. The second-order valence-electron chi connectivity index (χ2n) is 7.46. The van der Waals surface area contributed by atoms with Gasteiger partial charge in [-0.25, -0.2) is 17.7 Å². The van der Waals surface area contributed by atoms with Gasteiger partial charge in [-0.1, -0.05) is 12.1 Å². The van der Waals surface area contributed by atoms with Crippen LogP contribution in [0, 0.1) is 5.92 Å². The van der Waals surface area contributed by atoms with Gasteiger partial charge < -0.3 is 5.32 Å². The maximum absolute atomic E-state index is 12.6. The van der Waals surface area contributed by atoms with Crippen molar-refractivity contribution in [2.75, 3.05) is 24.7 Å². The molecule has 1 saturated heterocycles. The van der Waals surface area contributed by atoms with Gasteiger partial charge in [-0.2, -0.15) is 5.10 Å². The van der Waals surface area contributed by atoms with E-state index in [0.29, 0.717) is 31.7 Å².